The van der Waals surface area contributed by atoms with Crippen molar-refractivity contribution in [3.63, 3.8) is 0 Å². The van der Waals surface area contributed by atoms with Crippen LogP contribution in [0.2, 0.25) is 0 Å². The summed E-state index contributed by atoms with van der Waals surface area (Å²) in [4.78, 5) is 0. The van der Waals surface area contributed by atoms with Crippen LogP contribution in [0, 0.1) is 23.3 Å². The van der Waals surface area contributed by atoms with Crippen LogP contribution in [0.15, 0.2) is 0 Å². The summed E-state index contributed by atoms with van der Waals surface area (Å²) >= 11 is 0. The van der Waals surface area contributed by atoms with Gasteiger partial charge in [-0.15, -0.1) is 0 Å². The molecule has 0 aliphatic rings. The Morgan fingerprint density at radius 3 is 1.09 bits per heavy atom. The second kappa shape index (κ2) is 6.48. The van der Waals surface area contributed by atoms with Gasteiger partial charge in [-0.05, 0) is 0 Å². The maximum Gasteiger partial charge on any atom is 0.264 e. The lowest BCUT2D eigenvalue weighted by atomic mass is 10.1. The van der Waals surface area contributed by atoms with Gasteiger partial charge < -0.3 is 0 Å². The molecule has 0 aromatic heterocycles. The van der Waals surface area contributed by atoms with Crippen molar-refractivity contribution in [2.75, 3.05) is 12.5 Å². The Morgan fingerprint density at radius 2 is 0.909 bits per heavy atom. The highest BCUT2D eigenvalue weighted by Gasteiger charge is 2.26. The van der Waals surface area contributed by atoms with Crippen molar-refractivity contribution in [2.24, 2.45) is 0 Å². The number of halogens is 4. The Labute approximate surface area is 123 Å². The zero-order valence-electron chi connectivity index (χ0n) is 11.2. The number of benzene rings is 1. The highest BCUT2D eigenvalue weighted by atomic mass is 32.2. The smallest absolute Gasteiger partial charge is 0.264 e. The fourth-order valence-electron chi connectivity index (χ4n) is 1.31. The fourth-order valence-corrected chi connectivity index (χ4v) is 1.97. The first kappa shape index (κ1) is 18.8. The number of hydrogen-bond acceptors (Lipinski definition) is 6. The molecule has 0 radical (unpaired) electrons. The van der Waals surface area contributed by atoms with E-state index >= 15 is 0 Å². The zero-order valence-corrected chi connectivity index (χ0v) is 12.8. The van der Waals surface area contributed by atoms with Gasteiger partial charge in [0, 0.05) is 0 Å². The van der Waals surface area contributed by atoms with Crippen molar-refractivity contribution in [1.82, 2.24) is 0 Å². The Hall–Kier alpha value is -1.24. The molecule has 0 atom stereocenters. The van der Waals surface area contributed by atoms with Crippen molar-refractivity contribution >= 4 is 20.2 Å². The molecule has 0 fully saturated rings. The maximum atomic E-state index is 13.6. The van der Waals surface area contributed by atoms with E-state index in [-0.39, 0.29) is 0 Å². The molecule has 12 heteroatoms. The summed E-state index contributed by atoms with van der Waals surface area (Å²) in [6.07, 6.45) is 1.15. The molecule has 0 unspecified atom stereocenters. The van der Waals surface area contributed by atoms with Crippen LogP contribution in [0.3, 0.4) is 0 Å². The monoisotopic (exact) mass is 366 g/mol. The van der Waals surface area contributed by atoms with Gasteiger partial charge in [-0.25, -0.2) is 17.6 Å². The summed E-state index contributed by atoms with van der Waals surface area (Å²) in [6.45, 7) is -2.53. The first-order chi connectivity index (χ1) is 9.83. The molecule has 1 aromatic carbocycles. The summed E-state index contributed by atoms with van der Waals surface area (Å²) in [7, 11) is -8.21. The number of rotatable bonds is 6. The Bertz CT molecular complexity index is 692. The summed E-state index contributed by atoms with van der Waals surface area (Å²) in [5.41, 5.74) is -2.58. The van der Waals surface area contributed by atoms with E-state index < -0.39 is 67.8 Å². The third-order valence-electron chi connectivity index (χ3n) is 2.28. The average molecular weight is 366 g/mol. The Kier molecular flexibility index (Phi) is 5.54. The van der Waals surface area contributed by atoms with Crippen LogP contribution in [0.25, 0.3) is 0 Å². The van der Waals surface area contributed by atoms with Crippen molar-refractivity contribution in [3.8, 4) is 0 Å². The van der Waals surface area contributed by atoms with Gasteiger partial charge in [-0.3, -0.25) is 8.37 Å². The molecule has 22 heavy (non-hydrogen) atoms. The van der Waals surface area contributed by atoms with Crippen LogP contribution < -0.4 is 0 Å². The molecule has 1 aromatic rings. The summed E-state index contributed by atoms with van der Waals surface area (Å²) in [5.74, 6) is -7.63. The van der Waals surface area contributed by atoms with Crippen molar-refractivity contribution in [2.45, 2.75) is 13.2 Å². The summed E-state index contributed by atoms with van der Waals surface area (Å²) in [6, 6.07) is 0. The first-order valence-electron chi connectivity index (χ1n) is 5.36. The molecule has 0 aliphatic heterocycles. The maximum absolute atomic E-state index is 13.6. The largest absolute Gasteiger partial charge is 0.265 e. The van der Waals surface area contributed by atoms with Gasteiger partial charge in [0.1, 0.15) is 0 Å². The van der Waals surface area contributed by atoms with Crippen LogP contribution in [0.5, 0.6) is 0 Å². The van der Waals surface area contributed by atoms with Crippen LogP contribution in [-0.4, -0.2) is 29.3 Å². The second-order valence-corrected chi connectivity index (χ2v) is 7.43. The zero-order chi connectivity index (χ0) is 17.3. The van der Waals surface area contributed by atoms with Crippen LogP contribution in [0.4, 0.5) is 17.6 Å². The third-order valence-corrected chi connectivity index (χ3v) is 3.37. The predicted molar refractivity (Wildman–Crippen MR) is 65.5 cm³/mol. The molecule has 126 valence electrons. The predicted octanol–water partition coefficient (Wildman–Crippen LogP) is 1.20. The van der Waals surface area contributed by atoms with Crippen LogP contribution >= 0.6 is 0 Å². The van der Waals surface area contributed by atoms with E-state index in [9.17, 15) is 34.4 Å². The van der Waals surface area contributed by atoms with E-state index in [4.69, 9.17) is 0 Å². The van der Waals surface area contributed by atoms with Crippen molar-refractivity contribution < 1.29 is 42.8 Å². The van der Waals surface area contributed by atoms with E-state index in [0.717, 1.165) is 0 Å². The summed E-state index contributed by atoms with van der Waals surface area (Å²) in [5, 5.41) is 0. The van der Waals surface area contributed by atoms with Gasteiger partial charge in [-0.1, -0.05) is 0 Å². The topological polar surface area (TPSA) is 86.7 Å². The molecular formula is C10H10F4O6S2. The van der Waals surface area contributed by atoms with Gasteiger partial charge in [0.15, 0.2) is 23.3 Å². The van der Waals surface area contributed by atoms with Gasteiger partial charge in [0.25, 0.3) is 20.2 Å². The fraction of sp³-hybridized carbons (Fsp3) is 0.400. The second-order valence-electron chi connectivity index (χ2n) is 4.15. The molecule has 0 amide bonds. The molecular weight excluding hydrogens is 356 g/mol. The van der Waals surface area contributed by atoms with E-state index in [1.807, 2.05) is 0 Å². The van der Waals surface area contributed by atoms with E-state index in [0.29, 0.717) is 12.5 Å². The first-order valence-corrected chi connectivity index (χ1v) is 8.99. The van der Waals surface area contributed by atoms with E-state index in [1.165, 1.54) is 0 Å². The molecule has 0 aliphatic carbocycles. The summed E-state index contributed by atoms with van der Waals surface area (Å²) < 4.78 is 106. The molecule has 0 spiro atoms. The van der Waals surface area contributed by atoms with Gasteiger partial charge in [0.2, 0.25) is 0 Å². The minimum atomic E-state index is -4.10. The highest BCUT2D eigenvalue weighted by molar-refractivity contribution is 7.86. The SMILES string of the molecule is CS(=O)(=O)OCc1c(F)c(F)c(COS(C)(=O)=O)c(F)c1F. The Balaban J connectivity index is 3.26. The number of hydrogen-bond donors (Lipinski definition) is 0. The van der Waals surface area contributed by atoms with Crippen LogP contribution in [-0.2, 0) is 41.8 Å². The molecule has 1 rings (SSSR count). The van der Waals surface area contributed by atoms with Crippen LogP contribution in [0.1, 0.15) is 11.1 Å². The quantitative estimate of drug-likeness (QED) is 0.427. The average Bonchev–Trinajstić information content (AvgIpc) is 2.33. The normalized spacial score (nSPS) is 12.6. The lowest BCUT2D eigenvalue weighted by Gasteiger charge is -2.11. The van der Waals surface area contributed by atoms with Gasteiger partial charge in [0.05, 0.1) is 36.9 Å². The van der Waals surface area contributed by atoms with Gasteiger partial charge >= 0.3 is 0 Å². The lowest BCUT2D eigenvalue weighted by Crippen LogP contribution is -2.13. The molecule has 0 heterocycles. The molecule has 0 bridgehead atoms. The molecule has 6 nitrogen and oxygen atoms in total. The van der Waals surface area contributed by atoms with E-state index in [2.05, 4.69) is 8.37 Å². The minimum Gasteiger partial charge on any atom is -0.265 e. The lowest BCUT2D eigenvalue weighted by molar-refractivity contribution is 0.275. The third kappa shape index (κ3) is 4.90. The highest BCUT2D eigenvalue weighted by Crippen LogP contribution is 2.26. The minimum absolute atomic E-state index is 0.573. The molecule has 0 N–H and O–H groups in total. The standard InChI is InChI=1S/C10H10F4O6S2/c1-21(15,16)19-3-5-7(11)9(13)6(10(14)8(5)12)4-20-22(2,17)18/h3-4H2,1-2H3. The van der Waals surface area contributed by atoms with Crippen molar-refractivity contribution in [3.05, 3.63) is 34.4 Å². The molecule has 0 saturated carbocycles. The van der Waals surface area contributed by atoms with Gasteiger partial charge in [-0.2, -0.15) is 16.8 Å². The molecule has 0 saturated heterocycles. The Morgan fingerprint density at radius 1 is 0.682 bits per heavy atom. The van der Waals surface area contributed by atoms with Crippen molar-refractivity contribution in [1.29, 1.82) is 0 Å². The van der Waals surface area contributed by atoms with E-state index in [1.54, 1.807) is 0 Å².